The third-order valence-electron chi connectivity index (χ3n) is 3.57. The van der Waals surface area contributed by atoms with Crippen molar-refractivity contribution in [1.82, 2.24) is 10.3 Å². The zero-order valence-electron chi connectivity index (χ0n) is 15.1. The van der Waals surface area contributed by atoms with Gasteiger partial charge in [0.05, 0.1) is 13.7 Å². The van der Waals surface area contributed by atoms with Crippen molar-refractivity contribution in [2.24, 2.45) is 10.7 Å². The summed E-state index contributed by atoms with van der Waals surface area (Å²) in [6.45, 7) is 2.60. The van der Waals surface area contributed by atoms with E-state index < -0.39 is 0 Å². The van der Waals surface area contributed by atoms with Crippen LogP contribution < -0.4 is 15.8 Å². The Labute approximate surface area is 172 Å². The molecule has 142 valence electrons. The summed E-state index contributed by atoms with van der Waals surface area (Å²) in [4.78, 5) is 8.55. The predicted octanol–water partition coefficient (Wildman–Crippen LogP) is 2.76. The topological polar surface area (TPSA) is 81.8 Å². The molecule has 6 nitrogen and oxygen atoms in total. The van der Waals surface area contributed by atoms with Gasteiger partial charge in [-0.2, -0.15) is 0 Å². The lowest BCUT2D eigenvalue weighted by atomic mass is 10.2. The molecule has 7 heteroatoms. The zero-order chi connectivity index (χ0) is 17.7. The van der Waals surface area contributed by atoms with E-state index in [-0.39, 0.29) is 24.0 Å². The number of ether oxygens (including phenoxy) is 2. The highest BCUT2D eigenvalue weighted by molar-refractivity contribution is 14.0. The molecule has 2 rings (SSSR count). The average Bonchev–Trinajstić information content (AvgIpc) is 2.66. The summed E-state index contributed by atoms with van der Waals surface area (Å²) in [6, 6.07) is 13.7. The zero-order valence-corrected chi connectivity index (χ0v) is 17.4. The number of hydrogen-bond donors (Lipinski definition) is 2. The number of aromatic nitrogens is 1. The van der Waals surface area contributed by atoms with Gasteiger partial charge < -0.3 is 20.5 Å². The van der Waals surface area contributed by atoms with Crippen molar-refractivity contribution in [3.05, 3.63) is 59.9 Å². The SMILES string of the molecule is COc1ccc(COCCCN=C(N)NCCc2ccccn2)cc1.I. The van der Waals surface area contributed by atoms with E-state index in [1.54, 1.807) is 13.3 Å². The Balaban J connectivity index is 0.00000338. The summed E-state index contributed by atoms with van der Waals surface area (Å²) in [6.07, 6.45) is 3.44. The fourth-order valence-corrected chi connectivity index (χ4v) is 2.20. The number of methoxy groups -OCH3 is 1. The van der Waals surface area contributed by atoms with Crippen molar-refractivity contribution < 1.29 is 9.47 Å². The summed E-state index contributed by atoms with van der Waals surface area (Å²) < 4.78 is 10.8. The number of halogens is 1. The van der Waals surface area contributed by atoms with E-state index in [1.807, 2.05) is 42.5 Å². The molecule has 0 radical (unpaired) electrons. The van der Waals surface area contributed by atoms with E-state index in [4.69, 9.17) is 15.2 Å². The van der Waals surface area contributed by atoms with Crippen molar-refractivity contribution in [1.29, 1.82) is 0 Å². The second-order valence-corrected chi connectivity index (χ2v) is 5.52. The molecule has 0 atom stereocenters. The van der Waals surface area contributed by atoms with Gasteiger partial charge in [0.1, 0.15) is 5.75 Å². The second kappa shape index (κ2) is 13.3. The van der Waals surface area contributed by atoms with Gasteiger partial charge in [0.2, 0.25) is 0 Å². The maximum Gasteiger partial charge on any atom is 0.188 e. The molecule has 2 aromatic rings. The van der Waals surface area contributed by atoms with E-state index in [0.717, 1.165) is 36.4 Å². The third-order valence-corrected chi connectivity index (χ3v) is 3.57. The first-order valence-corrected chi connectivity index (χ1v) is 8.42. The average molecular weight is 470 g/mol. The standard InChI is InChI=1S/C19H26N4O2.HI/c1-24-18-8-6-16(7-9-18)15-25-14-4-12-22-19(20)23-13-10-17-5-2-3-11-21-17;/h2-3,5-9,11H,4,10,12-15H2,1H3,(H3,20,22,23);1H. The van der Waals surface area contributed by atoms with Crippen LogP contribution in [0.2, 0.25) is 0 Å². The van der Waals surface area contributed by atoms with E-state index >= 15 is 0 Å². The number of nitrogens with zero attached hydrogens (tertiary/aromatic N) is 2. The monoisotopic (exact) mass is 470 g/mol. The van der Waals surface area contributed by atoms with Crippen LogP contribution in [0.4, 0.5) is 0 Å². The first kappa shape index (κ1) is 22.2. The highest BCUT2D eigenvalue weighted by Crippen LogP contribution is 2.11. The number of guanidine groups is 1. The van der Waals surface area contributed by atoms with Crippen molar-refractivity contribution in [2.45, 2.75) is 19.4 Å². The van der Waals surface area contributed by atoms with Gasteiger partial charge in [-0.3, -0.25) is 9.98 Å². The van der Waals surface area contributed by atoms with Gasteiger partial charge in [0.15, 0.2) is 5.96 Å². The molecule has 0 bridgehead atoms. The highest BCUT2D eigenvalue weighted by Gasteiger charge is 1.97. The molecule has 3 N–H and O–H groups in total. The lowest BCUT2D eigenvalue weighted by Crippen LogP contribution is -2.33. The minimum atomic E-state index is 0. The molecule has 0 saturated heterocycles. The van der Waals surface area contributed by atoms with Gasteiger partial charge in [-0.15, -0.1) is 24.0 Å². The minimum Gasteiger partial charge on any atom is -0.497 e. The molecule has 0 fully saturated rings. The molecule has 0 aliphatic rings. The van der Waals surface area contributed by atoms with Crippen molar-refractivity contribution in [2.75, 3.05) is 26.8 Å². The summed E-state index contributed by atoms with van der Waals surface area (Å²) in [7, 11) is 1.66. The number of rotatable bonds is 10. The Morgan fingerprint density at radius 3 is 2.69 bits per heavy atom. The number of aliphatic imine (C=N–C) groups is 1. The minimum absolute atomic E-state index is 0. The summed E-state index contributed by atoms with van der Waals surface area (Å²) in [5, 5.41) is 3.09. The smallest absolute Gasteiger partial charge is 0.188 e. The largest absolute Gasteiger partial charge is 0.497 e. The molecule has 0 aliphatic heterocycles. The second-order valence-electron chi connectivity index (χ2n) is 5.52. The Kier molecular flexibility index (Phi) is 11.4. The number of nitrogens with one attached hydrogen (secondary N) is 1. The Hall–Kier alpha value is -1.87. The van der Waals surface area contributed by atoms with Gasteiger partial charge in [-0.25, -0.2) is 0 Å². The normalized spacial score (nSPS) is 10.9. The molecule has 0 amide bonds. The fraction of sp³-hybridized carbons (Fsp3) is 0.368. The van der Waals surface area contributed by atoms with Crippen molar-refractivity contribution in [3.63, 3.8) is 0 Å². The number of benzene rings is 1. The van der Waals surface area contributed by atoms with Crippen LogP contribution in [0.5, 0.6) is 5.75 Å². The Bertz CT molecular complexity index is 636. The van der Waals surface area contributed by atoms with E-state index in [0.29, 0.717) is 25.7 Å². The lowest BCUT2D eigenvalue weighted by Gasteiger charge is -2.06. The molecule has 1 aromatic carbocycles. The lowest BCUT2D eigenvalue weighted by molar-refractivity contribution is 0.120. The van der Waals surface area contributed by atoms with Gasteiger partial charge in [0, 0.05) is 38.0 Å². The number of hydrogen-bond acceptors (Lipinski definition) is 4. The third kappa shape index (κ3) is 9.00. The molecule has 1 aromatic heterocycles. The molecule has 0 aliphatic carbocycles. The van der Waals surface area contributed by atoms with Crippen molar-refractivity contribution >= 4 is 29.9 Å². The van der Waals surface area contributed by atoms with Crippen LogP contribution in [-0.2, 0) is 17.8 Å². The molecular weight excluding hydrogens is 443 g/mol. The van der Waals surface area contributed by atoms with Gasteiger partial charge in [0.25, 0.3) is 0 Å². The summed E-state index contributed by atoms with van der Waals surface area (Å²) in [5.74, 6) is 1.31. The van der Waals surface area contributed by atoms with Crippen molar-refractivity contribution in [3.8, 4) is 5.75 Å². The first-order valence-electron chi connectivity index (χ1n) is 8.42. The maximum atomic E-state index is 5.84. The van der Waals surface area contributed by atoms with Crippen LogP contribution in [0.15, 0.2) is 53.7 Å². The van der Waals surface area contributed by atoms with Crippen LogP contribution in [0.25, 0.3) is 0 Å². The van der Waals surface area contributed by atoms with Crippen LogP contribution in [-0.4, -0.2) is 37.7 Å². The number of pyridine rings is 1. The molecule has 0 unspecified atom stereocenters. The quantitative estimate of drug-likeness (QED) is 0.242. The van der Waals surface area contributed by atoms with Crippen LogP contribution in [0, 0.1) is 0 Å². The van der Waals surface area contributed by atoms with Crippen LogP contribution in [0.1, 0.15) is 17.7 Å². The molecule has 26 heavy (non-hydrogen) atoms. The van der Waals surface area contributed by atoms with Gasteiger partial charge in [-0.05, 0) is 36.2 Å². The first-order chi connectivity index (χ1) is 12.3. The van der Waals surface area contributed by atoms with Crippen LogP contribution >= 0.6 is 24.0 Å². The van der Waals surface area contributed by atoms with Crippen LogP contribution in [0.3, 0.4) is 0 Å². The maximum absolute atomic E-state index is 5.84. The predicted molar refractivity (Wildman–Crippen MR) is 115 cm³/mol. The summed E-state index contributed by atoms with van der Waals surface area (Å²) in [5.41, 5.74) is 8.00. The fourth-order valence-electron chi connectivity index (χ4n) is 2.20. The molecule has 1 heterocycles. The molecule has 0 saturated carbocycles. The van der Waals surface area contributed by atoms with E-state index in [9.17, 15) is 0 Å². The number of nitrogens with two attached hydrogens (primary N) is 1. The Morgan fingerprint density at radius 2 is 2.00 bits per heavy atom. The molecular formula is C19H27IN4O2. The molecule has 0 spiro atoms. The van der Waals surface area contributed by atoms with E-state index in [1.165, 1.54) is 0 Å². The Morgan fingerprint density at radius 1 is 1.19 bits per heavy atom. The summed E-state index contributed by atoms with van der Waals surface area (Å²) >= 11 is 0. The van der Waals surface area contributed by atoms with Gasteiger partial charge >= 0.3 is 0 Å². The van der Waals surface area contributed by atoms with E-state index in [2.05, 4.69) is 15.3 Å². The van der Waals surface area contributed by atoms with Gasteiger partial charge in [-0.1, -0.05) is 18.2 Å². The highest BCUT2D eigenvalue weighted by atomic mass is 127.